The predicted molar refractivity (Wildman–Crippen MR) is 154 cm³/mol. The highest BCUT2D eigenvalue weighted by Gasteiger charge is 2.44. The van der Waals surface area contributed by atoms with E-state index in [1.54, 1.807) is 20.9 Å². The Balaban J connectivity index is 1.32. The number of anilines is 2. The van der Waals surface area contributed by atoms with Gasteiger partial charge >= 0.3 is 5.69 Å². The maximum absolute atomic E-state index is 12.8. The van der Waals surface area contributed by atoms with Gasteiger partial charge in [0.15, 0.2) is 6.29 Å². The van der Waals surface area contributed by atoms with Gasteiger partial charge in [-0.1, -0.05) is 0 Å². The molecule has 4 rings (SSSR count). The number of carbonyl (C=O) groups is 2. The molecule has 2 aliphatic heterocycles. The summed E-state index contributed by atoms with van der Waals surface area (Å²) in [5, 5.41) is 38.2. The summed E-state index contributed by atoms with van der Waals surface area (Å²) in [7, 11) is 1.68. The minimum atomic E-state index is -1.45. The standard InChI is InChI=1S/C28H40N6O9/c1-14-18(43-25-23(37)22(36)21(30-4)15(2)42-25)9-10-20(41-14)34-12-11-19(33-27(34)40)32-24(38)16-5-7-17(8-6-16)31-26(39)28(3,29)13-35/h5-8,11-12,14-15,18,20-23,25,30,35-37H,9-10,13,29H2,1-4H3,(H,31,39)(H,32,33,38,40)/t14-,15-,18-,20-,21+,22-,23-,25+,28-/m0/s1. The number of amides is 2. The molecule has 3 heterocycles. The Morgan fingerprint density at radius 1 is 1.09 bits per heavy atom. The molecule has 0 saturated carbocycles. The fourth-order valence-corrected chi connectivity index (χ4v) is 4.99. The largest absolute Gasteiger partial charge is 0.394 e. The highest BCUT2D eigenvalue weighted by molar-refractivity contribution is 6.04. The van der Waals surface area contributed by atoms with E-state index in [4.69, 9.17) is 19.9 Å². The number of hydrogen-bond donors (Lipinski definition) is 7. The number of ether oxygens (including phenoxy) is 3. The fourth-order valence-electron chi connectivity index (χ4n) is 4.99. The molecule has 2 saturated heterocycles. The van der Waals surface area contributed by atoms with Crippen molar-refractivity contribution in [3.05, 3.63) is 52.6 Å². The number of benzene rings is 1. The van der Waals surface area contributed by atoms with Crippen molar-refractivity contribution in [1.29, 1.82) is 0 Å². The van der Waals surface area contributed by atoms with E-state index in [1.165, 1.54) is 48.0 Å². The van der Waals surface area contributed by atoms with Gasteiger partial charge in [-0.2, -0.15) is 4.98 Å². The lowest BCUT2D eigenvalue weighted by atomic mass is 9.97. The van der Waals surface area contributed by atoms with Gasteiger partial charge in [-0.15, -0.1) is 0 Å². The Morgan fingerprint density at radius 3 is 2.40 bits per heavy atom. The van der Waals surface area contributed by atoms with Crippen LogP contribution in [0.25, 0.3) is 0 Å². The summed E-state index contributed by atoms with van der Waals surface area (Å²) < 4.78 is 19.1. The number of rotatable bonds is 9. The number of hydrogen-bond acceptors (Lipinski definition) is 12. The first kappa shape index (κ1) is 32.6. The number of aliphatic hydroxyl groups is 3. The van der Waals surface area contributed by atoms with Gasteiger partial charge in [0, 0.05) is 17.4 Å². The summed E-state index contributed by atoms with van der Waals surface area (Å²) in [6.45, 7) is 4.43. The normalized spacial score (nSPS) is 30.7. The Morgan fingerprint density at radius 2 is 1.79 bits per heavy atom. The number of nitrogens with zero attached hydrogens (tertiary/aromatic N) is 2. The van der Waals surface area contributed by atoms with Crippen LogP contribution in [0, 0.1) is 0 Å². The Hall–Kier alpha value is -3.28. The first-order valence-electron chi connectivity index (χ1n) is 14.1. The first-order valence-corrected chi connectivity index (χ1v) is 14.1. The summed E-state index contributed by atoms with van der Waals surface area (Å²) in [6, 6.07) is 7.02. The van der Waals surface area contributed by atoms with Crippen LogP contribution in [0.4, 0.5) is 11.5 Å². The molecule has 9 atom stereocenters. The average Bonchev–Trinajstić information content (AvgIpc) is 2.97. The Bertz CT molecular complexity index is 1340. The van der Waals surface area contributed by atoms with Crippen LogP contribution < -0.4 is 27.4 Å². The highest BCUT2D eigenvalue weighted by Crippen LogP contribution is 2.31. The molecule has 8 N–H and O–H groups in total. The topological polar surface area (TPSA) is 220 Å². The number of aliphatic hydroxyl groups excluding tert-OH is 3. The quantitative estimate of drug-likeness (QED) is 0.189. The Labute approximate surface area is 248 Å². The van der Waals surface area contributed by atoms with Crippen LogP contribution >= 0.6 is 0 Å². The van der Waals surface area contributed by atoms with Crippen molar-refractivity contribution in [2.45, 2.75) is 88.2 Å². The van der Waals surface area contributed by atoms with Gasteiger partial charge in [0.2, 0.25) is 5.91 Å². The molecule has 15 heteroatoms. The molecular formula is C28H40N6O9. The molecule has 236 valence electrons. The number of carbonyl (C=O) groups excluding carboxylic acids is 2. The van der Waals surface area contributed by atoms with Crippen LogP contribution in [-0.4, -0.2) is 98.7 Å². The Kier molecular flexibility index (Phi) is 10.3. The lowest BCUT2D eigenvalue weighted by Crippen LogP contribution is -2.62. The summed E-state index contributed by atoms with van der Waals surface area (Å²) >= 11 is 0. The molecule has 0 spiro atoms. The van der Waals surface area contributed by atoms with E-state index < -0.39 is 78.7 Å². The molecule has 43 heavy (non-hydrogen) atoms. The van der Waals surface area contributed by atoms with Crippen LogP contribution in [0.3, 0.4) is 0 Å². The van der Waals surface area contributed by atoms with Gasteiger partial charge in [0.05, 0.1) is 31.0 Å². The summed E-state index contributed by atoms with van der Waals surface area (Å²) in [5.41, 5.74) is 4.28. The van der Waals surface area contributed by atoms with E-state index in [9.17, 15) is 29.7 Å². The van der Waals surface area contributed by atoms with Crippen molar-refractivity contribution in [2.24, 2.45) is 5.73 Å². The van der Waals surface area contributed by atoms with Gasteiger partial charge in [0.25, 0.3) is 5.91 Å². The van der Waals surface area contributed by atoms with E-state index in [2.05, 4.69) is 20.9 Å². The zero-order valence-corrected chi connectivity index (χ0v) is 24.5. The van der Waals surface area contributed by atoms with Gasteiger partial charge in [-0.05, 0) is 71.0 Å². The number of nitrogens with one attached hydrogen (secondary N) is 3. The molecule has 0 radical (unpaired) electrons. The van der Waals surface area contributed by atoms with Gasteiger partial charge in [-0.25, -0.2) is 4.79 Å². The maximum Gasteiger partial charge on any atom is 0.351 e. The monoisotopic (exact) mass is 604 g/mol. The van der Waals surface area contributed by atoms with E-state index in [0.29, 0.717) is 18.5 Å². The summed E-state index contributed by atoms with van der Waals surface area (Å²) in [5.74, 6) is -1.05. The van der Waals surface area contributed by atoms with Crippen molar-refractivity contribution >= 4 is 23.3 Å². The molecule has 15 nitrogen and oxygen atoms in total. The molecule has 0 bridgehead atoms. The van der Waals surface area contributed by atoms with Crippen molar-refractivity contribution in [2.75, 3.05) is 24.3 Å². The van der Waals surface area contributed by atoms with Crippen molar-refractivity contribution in [1.82, 2.24) is 14.9 Å². The van der Waals surface area contributed by atoms with Crippen LogP contribution in [-0.2, 0) is 19.0 Å². The van der Waals surface area contributed by atoms with E-state index in [-0.39, 0.29) is 11.4 Å². The maximum atomic E-state index is 12.8. The molecule has 2 fully saturated rings. The van der Waals surface area contributed by atoms with Crippen molar-refractivity contribution < 1.29 is 39.1 Å². The SMILES string of the molecule is CN[C@H]1[C@H](O)[C@H](O)[C@@H](O[C@H]2CC[C@@H](n3ccc(NC(=O)c4ccc(NC(=O)[C@@](C)(N)CO)cc4)nc3=O)O[C@H]2C)O[C@H]1C. The number of likely N-dealkylation sites (N-methyl/N-ethyl adjacent to an activating group) is 1. The lowest BCUT2D eigenvalue weighted by Gasteiger charge is -2.44. The summed E-state index contributed by atoms with van der Waals surface area (Å²) in [4.78, 5) is 41.6. The third kappa shape index (κ3) is 7.45. The molecule has 2 aliphatic rings. The van der Waals surface area contributed by atoms with Crippen molar-refractivity contribution in [3.63, 3.8) is 0 Å². The molecule has 2 aromatic rings. The first-order chi connectivity index (χ1) is 20.3. The van der Waals surface area contributed by atoms with Crippen LogP contribution in [0.2, 0.25) is 0 Å². The molecule has 2 amide bonds. The number of nitrogens with two attached hydrogens (primary N) is 1. The second kappa shape index (κ2) is 13.6. The smallest absolute Gasteiger partial charge is 0.351 e. The number of aromatic nitrogens is 2. The zero-order valence-electron chi connectivity index (χ0n) is 24.5. The second-order valence-electron chi connectivity index (χ2n) is 11.1. The van der Waals surface area contributed by atoms with Gasteiger partial charge in [0.1, 0.15) is 29.8 Å². The molecule has 0 unspecified atom stereocenters. The highest BCUT2D eigenvalue weighted by atomic mass is 16.7. The minimum absolute atomic E-state index is 0.0477. The molecule has 1 aromatic heterocycles. The van der Waals surface area contributed by atoms with E-state index >= 15 is 0 Å². The molecule has 0 aliphatic carbocycles. The van der Waals surface area contributed by atoms with Crippen LogP contribution in [0.1, 0.15) is 50.2 Å². The van der Waals surface area contributed by atoms with Crippen LogP contribution in [0.5, 0.6) is 0 Å². The third-order valence-corrected chi connectivity index (χ3v) is 7.72. The average molecular weight is 605 g/mol. The summed E-state index contributed by atoms with van der Waals surface area (Å²) in [6.07, 6.45) is -2.89. The van der Waals surface area contributed by atoms with Gasteiger partial charge < -0.3 is 51.2 Å². The zero-order chi connectivity index (χ0) is 31.5. The molecular weight excluding hydrogens is 564 g/mol. The lowest BCUT2D eigenvalue weighted by molar-refractivity contribution is -0.303. The second-order valence-corrected chi connectivity index (χ2v) is 11.1. The van der Waals surface area contributed by atoms with E-state index in [1.807, 2.05) is 0 Å². The van der Waals surface area contributed by atoms with Crippen molar-refractivity contribution in [3.8, 4) is 0 Å². The minimum Gasteiger partial charge on any atom is -0.394 e. The van der Waals surface area contributed by atoms with Gasteiger partial charge in [-0.3, -0.25) is 14.2 Å². The van der Waals surface area contributed by atoms with Crippen LogP contribution in [0.15, 0.2) is 41.3 Å². The predicted octanol–water partition coefficient (Wildman–Crippen LogP) is -0.719. The fraction of sp³-hybridized carbons (Fsp3) is 0.571. The van der Waals surface area contributed by atoms with E-state index in [0.717, 1.165) is 0 Å². The molecule has 1 aromatic carbocycles. The third-order valence-electron chi connectivity index (χ3n) is 7.72.